The highest BCUT2D eigenvalue weighted by Gasteiger charge is 2.45. The number of nitrogens with one attached hydrogen (secondary N) is 1. The predicted molar refractivity (Wildman–Crippen MR) is 158 cm³/mol. The summed E-state index contributed by atoms with van der Waals surface area (Å²) < 4.78 is 42.5. The third-order valence-electron chi connectivity index (χ3n) is 7.96. The minimum atomic E-state index is -5.02. The van der Waals surface area contributed by atoms with Crippen molar-refractivity contribution in [1.82, 2.24) is 19.4 Å². The molecule has 1 N–H and O–H groups in total. The van der Waals surface area contributed by atoms with E-state index in [2.05, 4.69) is 16.6 Å². The zero-order valence-electron chi connectivity index (χ0n) is 24.5. The van der Waals surface area contributed by atoms with Crippen molar-refractivity contribution in [1.29, 1.82) is 0 Å². The van der Waals surface area contributed by atoms with Gasteiger partial charge < -0.3 is 19.4 Å². The first-order chi connectivity index (χ1) is 20.1. The average Bonchev–Trinajstić information content (AvgIpc) is 3.54. The number of hydrogen-bond donors (Lipinski definition) is 1. The van der Waals surface area contributed by atoms with Crippen LogP contribution >= 0.6 is 11.6 Å². The number of hydrogen-bond acceptors (Lipinski definition) is 3. The molecule has 0 bridgehead atoms. The minimum absolute atomic E-state index is 0.179. The molecule has 1 fully saturated rings. The third-order valence-corrected chi connectivity index (χ3v) is 8.21. The van der Waals surface area contributed by atoms with E-state index in [1.54, 1.807) is 79.6 Å². The number of imidazole rings is 1. The molecule has 43 heavy (non-hydrogen) atoms. The quantitative estimate of drug-likeness (QED) is 0.337. The first-order valence-corrected chi connectivity index (χ1v) is 14.3. The first kappa shape index (κ1) is 32.1. The number of alkyl halides is 3. The molecule has 3 aromatic rings. The number of carbonyl (C=O) groups excluding carboxylic acids is 3. The molecule has 1 saturated heterocycles. The van der Waals surface area contributed by atoms with Crippen molar-refractivity contribution in [2.75, 3.05) is 6.54 Å². The van der Waals surface area contributed by atoms with Gasteiger partial charge in [0.15, 0.2) is 0 Å². The molecule has 1 aliphatic rings. The van der Waals surface area contributed by atoms with Crippen molar-refractivity contribution in [2.45, 2.75) is 71.9 Å². The van der Waals surface area contributed by atoms with E-state index in [4.69, 9.17) is 11.6 Å². The Morgan fingerprint density at radius 1 is 1.16 bits per heavy atom. The summed E-state index contributed by atoms with van der Waals surface area (Å²) in [5.74, 6) is -2.62. The van der Waals surface area contributed by atoms with Gasteiger partial charge in [0.25, 0.3) is 5.91 Å². The van der Waals surface area contributed by atoms with Gasteiger partial charge in [-0.15, -0.1) is 0 Å². The molecule has 1 aromatic heterocycles. The Labute approximate surface area is 252 Å². The van der Waals surface area contributed by atoms with Crippen LogP contribution in [-0.2, 0) is 22.7 Å². The maximum Gasteiger partial charge on any atom is 0.471 e. The lowest BCUT2D eigenvalue weighted by Gasteiger charge is -2.38. The molecule has 1 aliphatic heterocycles. The fourth-order valence-corrected chi connectivity index (χ4v) is 5.33. The smallest absolute Gasteiger partial charge is 0.334 e. The number of amides is 3. The van der Waals surface area contributed by atoms with E-state index >= 15 is 0 Å². The maximum atomic E-state index is 13.6. The predicted octanol–water partition coefficient (Wildman–Crippen LogP) is 5.87. The van der Waals surface area contributed by atoms with E-state index < -0.39 is 29.4 Å². The molecule has 12 heteroatoms. The summed E-state index contributed by atoms with van der Waals surface area (Å²) in [5, 5.41) is 0.469. The zero-order chi connectivity index (χ0) is 31.7. The SMILES string of the molecule is C=CC(=O)N1CCCC1Cn1c(=NC(=O)c2ccc(Cl)cc2)[nH]c2cc(CN(C(=O)C(F)(F)F)C(C)C(C)(C)C)ccc21. The average molecular weight is 618 g/mol. The standard InChI is InChI=1S/C31H35ClF3N5O3/c1-6-26(41)38-15-7-8-23(38)18-40-25-14-9-20(17-39(19(2)30(3,4)5)28(43)31(33,34)35)16-24(25)36-29(40)37-27(42)21-10-12-22(32)13-11-21/h6,9-14,16,19,23H,1,7-8,15,17-18H2,2-5H3,(H,36,37,42). The molecule has 0 saturated carbocycles. The van der Waals surface area contributed by atoms with Gasteiger partial charge in [0.05, 0.1) is 17.1 Å². The van der Waals surface area contributed by atoms with Gasteiger partial charge in [0.2, 0.25) is 11.5 Å². The Morgan fingerprint density at radius 2 is 1.84 bits per heavy atom. The summed E-state index contributed by atoms with van der Waals surface area (Å²) in [6.07, 6.45) is -2.21. The number of nitrogens with zero attached hydrogens (tertiary/aromatic N) is 4. The van der Waals surface area contributed by atoms with Gasteiger partial charge in [0, 0.05) is 36.3 Å². The molecule has 2 atom stereocenters. The van der Waals surface area contributed by atoms with Crippen LogP contribution in [0.25, 0.3) is 11.0 Å². The number of carbonyl (C=O) groups is 3. The monoisotopic (exact) mass is 617 g/mol. The van der Waals surface area contributed by atoms with E-state index in [0.29, 0.717) is 40.3 Å². The van der Waals surface area contributed by atoms with Gasteiger partial charge in [-0.25, -0.2) is 0 Å². The number of likely N-dealkylation sites (tertiary alicyclic amines) is 1. The Balaban J connectivity index is 1.79. The Morgan fingerprint density at radius 3 is 2.44 bits per heavy atom. The van der Waals surface area contributed by atoms with Crippen molar-refractivity contribution in [3.8, 4) is 0 Å². The summed E-state index contributed by atoms with van der Waals surface area (Å²) in [5.41, 5.74) is 1.55. The molecular formula is C31H35ClF3N5O3. The molecule has 230 valence electrons. The lowest BCUT2D eigenvalue weighted by molar-refractivity contribution is -0.190. The topological polar surface area (TPSA) is 90.8 Å². The van der Waals surface area contributed by atoms with Gasteiger partial charge in [-0.1, -0.05) is 45.0 Å². The number of aromatic nitrogens is 2. The van der Waals surface area contributed by atoms with Crippen LogP contribution in [0.3, 0.4) is 0 Å². The van der Waals surface area contributed by atoms with E-state index in [-0.39, 0.29) is 24.1 Å². The van der Waals surface area contributed by atoms with E-state index in [9.17, 15) is 27.6 Å². The van der Waals surface area contributed by atoms with Crippen LogP contribution in [0.4, 0.5) is 13.2 Å². The van der Waals surface area contributed by atoms with Gasteiger partial charge in [-0.3, -0.25) is 14.4 Å². The highest BCUT2D eigenvalue weighted by atomic mass is 35.5. The number of halogens is 4. The summed E-state index contributed by atoms with van der Waals surface area (Å²) in [7, 11) is 0. The van der Waals surface area contributed by atoms with Crippen LogP contribution in [0.15, 0.2) is 60.1 Å². The van der Waals surface area contributed by atoms with E-state index in [1.165, 1.54) is 6.08 Å². The minimum Gasteiger partial charge on any atom is -0.334 e. The fourth-order valence-electron chi connectivity index (χ4n) is 5.20. The van der Waals surface area contributed by atoms with Gasteiger partial charge >= 0.3 is 12.1 Å². The van der Waals surface area contributed by atoms with Crippen molar-refractivity contribution in [2.24, 2.45) is 10.4 Å². The highest BCUT2D eigenvalue weighted by Crippen LogP contribution is 2.30. The number of aromatic amines is 1. The molecule has 3 amide bonds. The summed E-state index contributed by atoms with van der Waals surface area (Å²) >= 11 is 5.96. The second kappa shape index (κ2) is 12.4. The Kier molecular flexibility index (Phi) is 9.24. The lowest BCUT2D eigenvalue weighted by atomic mass is 9.86. The van der Waals surface area contributed by atoms with Gasteiger partial charge in [-0.05, 0) is 73.2 Å². The largest absolute Gasteiger partial charge is 0.471 e. The normalized spacial score (nSPS) is 16.9. The fraction of sp³-hybridized carbons (Fsp3) is 0.419. The van der Waals surface area contributed by atoms with Crippen LogP contribution in [0.5, 0.6) is 0 Å². The second-order valence-electron chi connectivity index (χ2n) is 11.8. The van der Waals surface area contributed by atoms with Gasteiger partial charge in [0.1, 0.15) is 0 Å². The maximum absolute atomic E-state index is 13.6. The van der Waals surface area contributed by atoms with Crippen LogP contribution in [0.2, 0.25) is 5.02 Å². The zero-order valence-corrected chi connectivity index (χ0v) is 25.3. The number of fused-ring (bicyclic) bond motifs is 1. The van der Waals surface area contributed by atoms with Crippen LogP contribution in [-0.4, -0.2) is 61.9 Å². The van der Waals surface area contributed by atoms with Crippen LogP contribution in [0.1, 0.15) is 56.5 Å². The van der Waals surface area contributed by atoms with E-state index in [0.717, 1.165) is 17.7 Å². The molecule has 0 aliphatic carbocycles. The van der Waals surface area contributed by atoms with Crippen LogP contribution < -0.4 is 5.62 Å². The Bertz CT molecular complexity index is 1600. The molecule has 2 heterocycles. The molecule has 0 radical (unpaired) electrons. The summed E-state index contributed by atoms with van der Waals surface area (Å²) in [6.45, 7) is 11.2. The van der Waals surface area contributed by atoms with Crippen molar-refractivity contribution < 1.29 is 27.6 Å². The van der Waals surface area contributed by atoms with E-state index in [1.807, 2.05) is 0 Å². The molecule has 0 spiro atoms. The summed E-state index contributed by atoms with van der Waals surface area (Å²) in [4.78, 5) is 48.1. The number of benzene rings is 2. The van der Waals surface area contributed by atoms with Crippen molar-refractivity contribution >= 4 is 40.4 Å². The number of rotatable bonds is 7. The molecular weight excluding hydrogens is 583 g/mol. The lowest BCUT2D eigenvalue weighted by Crippen LogP contribution is -2.50. The first-order valence-electron chi connectivity index (χ1n) is 14.0. The molecule has 2 aromatic carbocycles. The number of H-pyrrole nitrogens is 1. The Hall–Kier alpha value is -3.86. The second-order valence-corrected chi connectivity index (χ2v) is 12.3. The van der Waals surface area contributed by atoms with Gasteiger partial charge in [-0.2, -0.15) is 18.2 Å². The van der Waals surface area contributed by atoms with Crippen LogP contribution in [0, 0.1) is 5.41 Å². The highest BCUT2D eigenvalue weighted by molar-refractivity contribution is 6.30. The molecule has 8 nitrogen and oxygen atoms in total. The molecule has 4 rings (SSSR count). The molecule has 2 unspecified atom stereocenters. The van der Waals surface area contributed by atoms with Crippen molar-refractivity contribution in [3.05, 3.63) is 76.9 Å². The third kappa shape index (κ3) is 7.21. The summed E-state index contributed by atoms with van der Waals surface area (Å²) in [6, 6.07) is 10.4. The van der Waals surface area contributed by atoms with Crippen molar-refractivity contribution in [3.63, 3.8) is 0 Å².